The van der Waals surface area contributed by atoms with Crippen molar-refractivity contribution in [2.75, 3.05) is 24.7 Å². The molecule has 1 fully saturated rings. The minimum absolute atomic E-state index is 0.0532. The predicted octanol–water partition coefficient (Wildman–Crippen LogP) is 5.16. The summed E-state index contributed by atoms with van der Waals surface area (Å²) in [6, 6.07) is 14.2. The van der Waals surface area contributed by atoms with Crippen LogP contribution in [-0.4, -0.2) is 37.2 Å². The molecule has 0 spiro atoms. The number of amides is 2. The van der Waals surface area contributed by atoms with Gasteiger partial charge in [-0.3, -0.25) is 4.90 Å². The van der Waals surface area contributed by atoms with Gasteiger partial charge in [-0.25, -0.2) is 4.79 Å². The lowest BCUT2D eigenvalue weighted by molar-refractivity contribution is -0.193. The van der Waals surface area contributed by atoms with Crippen molar-refractivity contribution in [2.45, 2.75) is 39.8 Å². The molecule has 7 heteroatoms. The second-order valence-corrected chi connectivity index (χ2v) is 9.75. The number of carbonyl (C=O) groups excluding carboxylic acids is 1. The lowest BCUT2D eigenvalue weighted by Gasteiger charge is -2.65. The van der Waals surface area contributed by atoms with Crippen LogP contribution in [-0.2, 0) is 0 Å². The number of anilines is 2. The fourth-order valence-electron chi connectivity index (χ4n) is 5.36. The molecule has 1 aliphatic rings. The number of rotatable bonds is 4. The van der Waals surface area contributed by atoms with E-state index in [9.17, 15) is 4.79 Å². The number of hydrogen-bond acceptors (Lipinski definition) is 4. The van der Waals surface area contributed by atoms with Crippen LogP contribution in [0.5, 0.6) is 5.75 Å². The Hall–Kier alpha value is -2.91. The summed E-state index contributed by atoms with van der Waals surface area (Å²) in [5.41, 5.74) is 6.99. The fourth-order valence-corrected chi connectivity index (χ4v) is 5.57. The molecule has 2 aromatic rings. The summed E-state index contributed by atoms with van der Waals surface area (Å²) in [4.78, 5) is 16.7. The largest absolute Gasteiger partial charge is 0.489 e. The molecule has 0 heterocycles. The highest BCUT2D eigenvalue weighted by atomic mass is 35.5. The summed E-state index contributed by atoms with van der Waals surface area (Å²) in [6.07, 6.45) is -0.147. The molecular formula is C24H29ClN4O2. The molecule has 2 aromatic carbocycles. The maximum Gasteiger partial charge on any atom is 0.324 e. The summed E-state index contributed by atoms with van der Waals surface area (Å²) in [6.45, 7) is 8.41. The molecular weight excluding hydrogens is 412 g/mol. The van der Waals surface area contributed by atoms with Gasteiger partial charge in [0.2, 0.25) is 0 Å². The van der Waals surface area contributed by atoms with Gasteiger partial charge in [0.15, 0.2) is 0 Å². The van der Waals surface area contributed by atoms with Crippen molar-refractivity contribution in [3.63, 3.8) is 0 Å². The molecule has 31 heavy (non-hydrogen) atoms. The zero-order valence-electron chi connectivity index (χ0n) is 18.8. The zero-order chi connectivity index (χ0) is 23.1. The standard InChI is InChI=1S/C24H29ClN4O2/c1-23(2)20(29(6)22(30)28(5)17-10-8-16(27)9-11-17)24(3,4)21(23)31-18-12-7-15(14-26)19(25)13-18/h7-13,20-21H,27H2,1-6H3/t20-,21-. The summed E-state index contributed by atoms with van der Waals surface area (Å²) in [5, 5.41) is 9.45. The van der Waals surface area contributed by atoms with Crippen molar-refractivity contribution < 1.29 is 9.53 Å². The summed E-state index contributed by atoms with van der Waals surface area (Å²) in [5.74, 6) is 0.613. The molecule has 1 saturated carbocycles. The molecule has 164 valence electrons. The van der Waals surface area contributed by atoms with Crippen molar-refractivity contribution in [1.82, 2.24) is 4.90 Å². The molecule has 6 nitrogen and oxygen atoms in total. The van der Waals surface area contributed by atoms with Crippen LogP contribution in [0.15, 0.2) is 42.5 Å². The number of carbonyl (C=O) groups is 1. The molecule has 0 saturated heterocycles. The van der Waals surface area contributed by atoms with Gasteiger partial charge in [-0.05, 0) is 36.4 Å². The first-order valence-corrected chi connectivity index (χ1v) is 10.5. The van der Waals surface area contributed by atoms with Gasteiger partial charge in [-0.1, -0.05) is 39.3 Å². The Labute approximate surface area is 189 Å². The normalized spacial score (nSPS) is 20.8. The number of nitriles is 1. The van der Waals surface area contributed by atoms with E-state index < -0.39 is 0 Å². The number of hydrogen-bond donors (Lipinski definition) is 1. The summed E-state index contributed by atoms with van der Waals surface area (Å²) < 4.78 is 6.32. The first-order valence-electron chi connectivity index (χ1n) is 10.1. The maximum atomic E-state index is 13.3. The Morgan fingerprint density at radius 2 is 1.68 bits per heavy atom. The van der Waals surface area contributed by atoms with Gasteiger partial charge in [0.25, 0.3) is 0 Å². The summed E-state index contributed by atoms with van der Waals surface area (Å²) in [7, 11) is 3.59. The number of urea groups is 1. The van der Waals surface area contributed by atoms with Crippen LogP contribution in [0.4, 0.5) is 16.2 Å². The third-order valence-electron chi connectivity index (χ3n) is 6.33. The van der Waals surface area contributed by atoms with Crippen LogP contribution < -0.4 is 15.4 Å². The SMILES string of the molecule is CN(C(=O)N(C)[C@H]1C(C)(C)[C@H](Oc2ccc(C#N)c(Cl)c2)C1(C)C)c1ccc(N)cc1. The molecule has 0 unspecified atom stereocenters. The Kier molecular flexibility index (Phi) is 5.86. The third-order valence-corrected chi connectivity index (χ3v) is 6.64. The molecule has 0 aliphatic heterocycles. The smallest absolute Gasteiger partial charge is 0.324 e. The molecule has 0 bridgehead atoms. The van der Waals surface area contributed by atoms with E-state index in [1.807, 2.05) is 19.2 Å². The topological polar surface area (TPSA) is 82.6 Å². The third kappa shape index (κ3) is 3.90. The van der Waals surface area contributed by atoms with Crippen LogP contribution in [0.1, 0.15) is 33.3 Å². The summed E-state index contributed by atoms with van der Waals surface area (Å²) >= 11 is 6.17. The number of nitrogens with two attached hydrogens (primary N) is 1. The first kappa shape index (κ1) is 22.8. The molecule has 0 atom stereocenters. The minimum Gasteiger partial charge on any atom is -0.489 e. The van der Waals surface area contributed by atoms with Crippen LogP contribution in [0, 0.1) is 22.2 Å². The van der Waals surface area contributed by atoms with Gasteiger partial charge in [-0.2, -0.15) is 5.26 Å². The molecule has 3 rings (SSSR count). The Morgan fingerprint density at radius 1 is 1.10 bits per heavy atom. The number of benzene rings is 2. The lowest BCUT2D eigenvalue weighted by Crippen LogP contribution is -2.75. The maximum absolute atomic E-state index is 13.3. The van der Waals surface area contributed by atoms with Gasteiger partial charge in [0.05, 0.1) is 16.6 Å². The molecule has 0 radical (unpaired) electrons. The highest BCUT2D eigenvalue weighted by molar-refractivity contribution is 6.31. The Morgan fingerprint density at radius 3 is 2.19 bits per heavy atom. The van der Waals surface area contributed by atoms with E-state index in [2.05, 4.69) is 33.8 Å². The lowest BCUT2D eigenvalue weighted by atomic mass is 9.49. The van der Waals surface area contributed by atoms with E-state index in [1.165, 1.54) is 0 Å². The molecule has 2 amide bonds. The van der Waals surface area contributed by atoms with E-state index in [4.69, 9.17) is 27.3 Å². The monoisotopic (exact) mass is 440 g/mol. The highest BCUT2D eigenvalue weighted by Crippen LogP contribution is 2.57. The fraction of sp³-hybridized carbons (Fsp3) is 0.417. The second-order valence-electron chi connectivity index (χ2n) is 9.34. The van der Waals surface area contributed by atoms with Gasteiger partial charge in [0.1, 0.15) is 17.9 Å². The van der Waals surface area contributed by atoms with Crippen molar-refractivity contribution in [1.29, 1.82) is 5.26 Å². The average molecular weight is 441 g/mol. The van der Waals surface area contributed by atoms with Crippen LogP contribution >= 0.6 is 11.6 Å². The van der Waals surface area contributed by atoms with Crippen molar-refractivity contribution in [3.8, 4) is 11.8 Å². The number of nitrogens with zero attached hydrogens (tertiary/aromatic N) is 3. The van der Waals surface area contributed by atoms with Crippen molar-refractivity contribution >= 4 is 29.0 Å². The van der Waals surface area contributed by atoms with E-state index >= 15 is 0 Å². The molecule has 1 aliphatic carbocycles. The quantitative estimate of drug-likeness (QED) is 0.665. The zero-order valence-corrected chi connectivity index (χ0v) is 19.6. The second kappa shape index (κ2) is 7.97. The van der Waals surface area contributed by atoms with E-state index in [-0.39, 0.29) is 29.0 Å². The number of halogens is 1. The van der Waals surface area contributed by atoms with E-state index in [0.717, 1.165) is 5.69 Å². The number of ether oxygens (including phenoxy) is 1. The Balaban J connectivity index is 1.79. The highest BCUT2D eigenvalue weighted by Gasteiger charge is 2.66. The Bertz CT molecular complexity index is 1010. The van der Waals surface area contributed by atoms with Crippen LogP contribution in [0.2, 0.25) is 5.02 Å². The number of nitrogen functional groups attached to an aromatic ring is 1. The van der Waals surface area contributed by atoms with Gasteiger partial charge in [-0.15, -0.1) is 0 Å². The van der Waals surface area contributed by atoms with E-state index in [0.29, 0.717) is 22.0 Å². The molecule has 0 aromatic heterocycles. The van der Waals surface area contributed by atoms with Crippen molar-refractivity contribution in [3.05, 3.63) is 53.1 Å². The van der Waals surface area contributed by atoms with Gasteiger partial charge < -0.3 is 15.4 Å². The van der Waals surface area contributed by atoms with Crippen LogP contribution in [0.3, 0.4) is 0 Å². The minimum atomic E-state index is -0.309. The average Bonchev–Trinajstić information content (AvgIpc) is 2.71. The van der Waals surface area contributed by atoms with Gasteiger partial charge in [0, 0.05) is 42.4 Å². The van der Waals surface area contributed by atoms with Crippen molar-refractivity contribution in [2.24, 2.45) is 10.8 Å². The van der Waals surface area contributed by atoms with E-state index in [1.54, 1.807) is 47.2 Å². The van der Waals surface area contributed by atoms with Crippen LogP contribution in [0.25, 0.3) is 0 Å². The first-order chi connectivity index (χ1) is 14.4. The molecule has 2 N–H and O–H groups in total. The predicted molar refractivity (Wildman–Crippen MR) is 124 cm³/mol. The van der Waals surface area contributed by atoms with Gasteiger partial charge >= 0.3 is 6.03 Å².